The van der Waals surface area contributed by atoms with Crippen LogP contribution in [0.25, 0.3) is 87.6 Å². The number of carbonyl (C=O) groups excluding carboxylic acids is 2. The molecule has 10 aromatic carbocycles. The molecule has 4 aliphatic rings. The van der Waals surface area contributed by atoms with Crippen LogP contribution in [-0.4, -0.2) is 159 Å². The first-order valence-electron chi connectivity index (χ1n) is 43.4. The van der Waals surface area contributed by atoms with Crippen molar-refractivity contribution in [3.8, 4) is 90.0 Å². The smallest absolute Gasteiger partial charge is 0.490 e. The first kappa shape index (κ1) is 106. The van der Waals surface area contributed by atoms with Gasteiger partial charge in [0.25, 0.3) is 5.97 Å². The number of hydrogen-bond acceptors (Lipinski definition) is 14. The van der Waals surface area contributed by atoms with Crippen LogP contribution in [0.5, 0.6) is 0 Å². The van der Waals surface area contributed by atoms with Crippen molar-refractivity contribution < 1.29 is 78.2 Å². The van der Waals surface area contributed by atoms with Crippen LogP contribution in [0.3, 0.4) is 0 Å². The number of aromatic nitrogens is 4. The third-order valence-corrected chi connectivity index (χ3v) is 23.4. The number of carbonyl (C=O) groups is 4. The molecule has 14 aromatic rings. The van der Waals surface area contributed by atoms with E-state index in [0.717, 1.165) is 68.3 Å². The molecule has 18 rings (SSSR count). The SMILES string of the molecule is C[Si](C)(C)C#C[B]C#C[Si](C)(C)C.C[Si](C)(C)C#C[B]C#C[Si](C)(C)C.O=C(O)C(F)(F)F.O=C(O)C(F)(F)F.[B]OC(=O)C(F)(F)F.[B]OC(C)=O.c1ccc(N=C2Nc3ccc(-c4ccc(-c5ccc6c7c(cccc57)C(=Nc5ccccn5)N6)cc4)c4cccc2c34)nc1.c1ccc(N=C2Nc3ccc(-c4ccc(-c5ccc6c7c(cccc57)C(=Nc5ccccn5)N6)cc4)c4cccc2c34)nc1. The van der Waals surface area contributed by atoms with Crippen LogP contribution < -0.4 is 21.3 Å². The maximum absolute atomic E-state index is 10.9. The molecule has 6 radical (unpaired) electrons. The van der Waals surface area contributed by atoms with Crippen molar-refractivity contribution in [2.24, 2.45) is 20.0 Å². The number of hydrogen-bond donors (Lipinski definition) is 6. The van der Waals surface area contributed by atoms with Gasteiger partial charge in [-0.1, -0.05) is 248 Å². The molecule has 0 unspecified atom stereocenters. The molecule has 0 atom stereocenters. The van der Waals surface area contributed by atoms with Gasteiger partial charge in [-0.3, -0.25) is 4.79 Å². The summed E-state index contributed by atoms with van der Waals surface area (Å²) in [6.45, 7) is 28.1. The number of pyridine rings is 4. The van der Waals surface area contributed by atoms with E-state index in [-0.39, 0.29) is 0 Å². The molecule has 37 heteroatoms. The first-order chi connectivity index (χ1) is 66.6. The zero-order chi connectivity index (χ0) is 102. The van der Waals surface area contributed by atoms with Gasteiger partial charge in [0.2, 0.25) is 0 Å². The topological polar surface area (TPSA) is 276 Å². The van der Waals surface area contributed by atoms with Crippen molar-refractivity contribution in [1.82, 2.24) is 19.9 Å². The number of alkyl halides is 9. The van der Waals surface area contributed by atoms with E-state index in [2.05, 4.69) is 360 Å². The molecule has 0 aliphatic carbocycles. The molecule has 141 heavy (non-hydrogen) atoms. The molecule has 4 aliphatic heterocycles. The van der Waals surface area contributed by atoms with Crippen molar-refractivity contribution >= 4 is 199 Å². The number of anilines is 4. The van der Waals surface area contributed by atoms with E-state index >= 15 is 0 Å². The maximum atomic E-state index is 10.9. The standard InChI is InChI=1S/2C38H24N6.2C10H18BSi2.C2BF3O2.C2H3BO2.2C2HF3O2/c2*1-3-21-39-33(11-1)43-37-29-9-5-7-27-25(17-19-31(41-37)35(27)29)23-13-15-24(16-14-23)26-18-20-32-36-28(26)8-6-10-30(36)38(42-32)44-34-12-2-4-22-40-34;2*1-12(2,3)9-7-11-8-10-13(4,5)6;3-8-1(7)2(4,5)6;1-2(4)5-3;2*3-2(4,5)1(6)7/h2*1-22H,(H,39,41,43)(H,40,42,44);2*1-6H3;;1H3;2*(H,6,7). The Labute approximate surface area is 817 Å². The average Bonchev–Trinajstić information content (AvgIpc) is 1.64. The van der Waals surface area contributed by atoms with E-state index < -0.39 is 74.7 Å². The number of nitrogens with zero attached hydrogens (tertiary/aromatic N) is 8. The minimum absolute atomic E-state index is 0.468. The van der Waals surface area contributed by atoms with Gasteiger partial charge in [0.15, 0.2) is 23.3 Å². The van der Waals surface area contributed by atoms with Crippen molar-refractivity contribution in [2.45, 2.75) is 104 Å². The minimum Gasteiger partial charge on any atom is -0.544 e. The Morgan fingerprint density at radius 2 is 0.525 bits per heavy atom. The second kappa shape index (κ2) is 46.2. The zero-order valence-corrected chi connectivity index (χ0v) is 82.5. The van der Waals surface area contributed by atoms with Crippen molar-refractivity contribution in [1.29, 1.82) is 0 Å². The number of carboxylic acids is 2. The number of rotatable bonds is 8. The van der Waals surface area contributed by atoms with Gasteiger partial charge in [-0.25, -0.2) is 54.3 Å². The monoisotopic (exact) mass is 1960 g/mol. The first-order valence-corrected chi connectivity index (χ1v) is 57.4. The van der Waals surface area contributed by atoms with Crippen LogP contribution in [0.15, 0.2) is 287 Å². The lowest BCUT2D eigenvalue weighted by molar-refractivity contribution is -0.193. The molecule has 6 N–H and O–H groups in total. The van der Waals surface area contributed by atoms with Gasteiger partial charge in [-0.2, -0.15) is 62.8 Å². The number of amidine groups is 4. The highest BCUT2D eigenvalue weighted by atomic mass is 28.3. The molecule has 20 nitrogen and oxygen atoms in total. The van der Waals surface area contributed by atoms with Gasteiger partial charge in [0.05, 0.1) is 0 Å². The molecule has 0 amide bonds. The molecule has 0 spiro atoms. The van der Waals surface area contributed by atoms with Gasteiger partial charge in [-0.15, -0.1) is 22.2 Å². The summed E-state index contributed by atoms with van der Waals surface area (Å²) in [5, 5.41) is 37.8. The fraction of sp³-hybridized carbons (Fsp3) is 0.154. The Kier molecular flexibility index (Phi) is 34.7. The Hall–Kier alpha value is -15.7. The number of carboxylic acid groups (broad SMARTS) is 2. The third kappa shape index (κ3) is 29.7. The second-order valence-corrected chi connectivity index (χ2v) is 54.3. The number of aliphatic carboxylic acids is 2. The Bertz CT molecular complexity index is 6600. The summed E-state index contributed by atoms with van der Waals surface area (Å²) in [5.41, 5.74) is 31.1. The van der Waals surface area contributed by atoms with E-state index in [1.807, 2.05) is 72.8 Å². The number of benzene rings is 10. The average molecular weight is 1960 g/mol. The predicted octanol–water partition coefficient (Wildman–Crippen LogP) is 24.1. The Morgan fingerprint density at radius 1 is 0.312 bits per heavy atom. The Morgan fingerprint density at radius 3 is 0.681 bits per heavy atom. The van der Waals surface area contributed by atoms with Gasteiger partial charge in [-0.05, 0) is 139 Å². The largest absolute Gasteiger partial charge is 0.544 e. The van der Waals surface area contributed by atoms with Gasteiger partial charge in [0.1, 0.15) is 55.6 Å². The molecular formula is C104H89B4F9N12O8Si4. The van der Waals surface area contributed by atoms with E-state index in [0.29, 0.717) is 23.3 Å². The highest BCUT2D eigenvalue weighted by Crippen LogP contribution is 2.46. The molecular weight excluding hydrogens is 1870 g/mol. The summed E-state index contributed by atoms with van der Waals surface area (Å²) in [5.74, 6) is 9.81. The molecule has 0 bridgehead atoms. The second-order valence-electron chi connectivity index (χ2n) is 35.3. The van der Waals surface area contributed by atoms with Crippen molar-refractivity contribution in [3.63, 3.8) is 0 Å². The van der Waals surface area contributed by atoms with Crippen LogP contribution in [-0.2, 0) is 28.5 Å². The van der Waals surface area contributed by atoms with E-state index in [1.165, 1.54) is 94.5 Å². The van der Waals surface area contributed by atoms with Crippen LogP contribution in [0.4, 0.5) is 85.5 Å². The summed E-state index contributed by atoms with van der Waals surface area (Å²) >= 11 is 0. The molecule has 704 valence electrons. The molecule has 4 aromatic heterocycles. The molecule has 8 heterocycles. The van der Waals surface area contributed by atoms with Gasteiger partial charge >= 0.3 is 67.1 Å². The van der Waals surface area contributed by atoms with E-state index in [1.54, 1.807) is 39.3 Å². The summed E-state index contributed by atoms with van der Waals surface area (Å²) in [7, 11) is 7.01. The minimum atomic E-state index is -5.08. The fourth-order valence-electron chi connectivity index (χ4n) is 13.9. The van der Waals surface area contributed by atoms with Crippen molar-refractivity contribution in [3.05, 3.63) is 290 Å². The van der Waals surface area contributed by atoms with E-state index in [4.69, 9.17) is 39.8 Å². The molecule has 0 fully saturated rings. The van der Waals surface area contributed by atoms with Crippen LogP contribution >= 0.6 is 0 Å². The fourth-order valence-corrected chi connectivity index (χ4v) is 15.9. The van der Waals surface area contributed by atoms with Gasteiger partial charge in [0, 0.05) is 98.3 Å². The highest BCUT2D eigenvalue weighted by Gasteiger charge is 2.41. The van der Waals surface area contributed by atoms with Gasteiger partial charge < -0.3 is 40.8 Å². The third-order valence-electron chi connectivity index (χ3n) is 19.8. The van der Waals surface area contributed by atoms with Crippen LogP contribution in [0.1, 0.15) is 29.2 Å². The maximum Gasteiger partial charge on any atom is 0.490 e. The lowest BCUT2D eigenvalue weighted by Gasteiger charge is -2.11. The zero-order valence-electron chi connectivity index (χ0n) is 78.5. The lowest BCUT2D eigenvalue weighted by atomic mass is 9.83. The van der Waals surface area contributed by atoms with Crippen molar-refractivity contribution in [2.75, 3.05) is 21.3 Å². The summed E-state index contributed by atoms with van der Waals surface area (Å²) in [6.07, 6.45) is -8.09. The quantitative estimate of drug-likeness (QED) is 0.0469. The number of nitrogens with one attached hydrogen (secondary N) is 4. The number of aliphatic imine (C=N–C) groups is 4. The summed E-state index contributed by atoms with van der Waals surface area (Å²) < 4.78 is 103. The van der Waals surface area contributed by atoms with Crippen LogP contribution in [0, 0.1) is 45.5 Å². The van der Waals surface area contributed by atoms with Crippen LogP contribution in [0.2, 0.25) is 78.6 Å². The number of halogens is 9. The normalized spacial score (nSPS) is 13.2. The van der Waals surface area contributed by atoms with E-state index in [9.17, 15) is 49.1 Å². The predicted molar refractivity (Wildman–Crippen MR) is 560 cm³/mol. The Balaban J connectivity index is 0.000000180. The highest BCUT2D eigenvalue weighted by molar-refractivity contribution is 6.87. The molecule has 0 saturated heterocycles. The molecule has 0 saturated carbocycles. The summed E-state index contributed by atoms with van der Waals surface area (Å²) in [6, 6.07) is 83.9. The summed E-state index contributed by atoms with van der Waals surface area (Å²) in [4.78, 5) is 73.3. The lowest BCUT2D eigenvalue weighted by Crippen LogP contribution is -2.24.